The average Bonchev–Trinajstić information content (AvgIpc) is 2.58. The van der Waals surface area contributed by atoms with Crippen LogP contribution in [-0.4, -0.2) is 41.8 Å². The predicted molar refractivity (Wildman–Crippen MR) is 95.1 cm³/mol. The van der Waals surface area contributed by atoms with E-state index < -0.39 is 6.04 Å². The number of alkyl halides is 2. The molecule has 2 rings (SSSR count). The maximum Gasteiger partial charge on any atom is 0.322 e. The van der Waals surface area contributed by atoms with Gasteiger partial charge >= 0.3 is 5.97 Å². The Labute approximate surface area is 153 Å². The van der Waals surface area contributed by atoms with Crippen molar-refractivity contribution in [1.29, 1.82) is 0 Å². The van der Waals surface area contributed by atoms with E-state index in [9.17, 15) is 9.59 Å². The zero-order chi connectivity index (χ0) is 17.7. The molecule has 138 valence electrons. The number of hydrogen-bond donors (Lipinski definition) is 2. The number of carbonyl (C=O) groups is 2. The van der Waals surface area contributed by atoms with Crippen molar-refractivity contribution in [3.8, 4) is 0 Å². The first-order valence-electron chi connectivity index (χ1n) is 8.84. The van der Waals surface area contributed by atoms with Crippen molar-refractivity contribution in [2.75, 3.05) is 7.11 Å². The van der Waals surface area contributed by atoms with Gasteiger partial charge < -0.3 is 15.8 Å². The molecular weight excluding hydrogens is 351 g/mol. The first-order chi connectivity index (χ1) is 11.4. The minimum Gasteiger partial charge on any atom is -0.468 e. The Balaban J connectivity index is 1.77. The Morgan fingerprint density at radius 1 is 1.12 bits per heavy atom. The molecule has 2 fully saturated rings. The third-order valence-corrected chi connectivity index (χ3v) is 6.34. The molecule has 3 N–H and O–H groups in total. The number of hydrogen-bond acceptors (Lipinski definition) is 4. The minimum absolute atomic E-state index is 0.00487. The number of rotatable bonds is 5. The van der Waals surface area contributed by atoms with Gasteiger partial charge in [-0.1, -0.05) is 6.42 Å². The standard InChI is InChI=1S/C17H28Cl2N2O3/c1-24-17(23)14(20)9-10-5-7-11(8-6-10)16(22)21-15-12(18)3-2-4-13(15)19/h10-15H,2-9,20H2,1H3,(H,21,22). The van der Waals surface area contributed by atoms with Crippen LogP contribution in [0.3, 0.4) is 0 Å². The van der Waals surface area contributed by atoms with E-state index in [1.165, 1.54) is 7.11 Å². The van der Waals surface area contributed by atoms with Gasteiger partial charge in [0.15, 0.2) is 0 Å². The van der Waals surface area contributed by atoms with Crippen molar-refractivity contribution < 1.29 is 14.3 Å². The maximum absolute atomic E-state index is 12.5. The normalized spacial score (nSPS) is 35.1. The molecule has 0 radical (unpaired) electrons. The van der Waals surface area contributed by atoms with Crippen molar-refractivity contribution in [3.63, 3.8) is 0 Å². The van der Waals surface area contributed by atoms with E-state index in [0.29, 0.717) is 12.3 Å². The lowest BCUT2D eigenvalue weighted by Crippen LogP contribution is -2.51. The van der Waals surface area contributed by atoms with Gasteiger partial charge in [-0.05, 0) is 50.9 Å². The minimum atomic E-state index is -0.568. The second-order valence-corrected chi connectivity index (χ2v) is 8.20. The van der Waals surface area contributed by atoms with Crippen LogP contribution in [0.5, 0.6) is 0 Å². The van der Waals surface area contributed by atoms with E-state index >= 15 is 0 Å². The number of amides is 1. The van der Waals surface area contributed by atoms with E-state index in [2.05, 4.69) is 10.1 Å². The van der Waals surface area contributed by atoms with Gasteiger partial charge in [0.1, 0.15) is 6.04 Å². The predicted octanol–water partition coefficient (Wildman–Crippen LogP) is 2.57. The fraction of sp³-hybridized carbons (Fsp3) is 0.882. The summed E-state index contributed by atoms with van der Waals surface area (Å²) in [6, 6.07) is -0.707. The fourth-order valence-corrected chi connectivity index (χ4v) is 4.68. The summed E-state index contributed by atoms with van der Waals surface area (Å²) in [6.07, 6.45) is 6.87. The Morgan fingerprint density at radius 3 is 2.25 bits per heavy atom. The summed E-state index contributed by atoms with van der Waals surface area (Å²) in [6.45, 7) is 0. The van der Waals surface area contributed by atoms with Crippen LogP contribution < -0.4 is 11.1 Å². The van der Waals surface area contributed by atoms with Crippen molar-refractivity contribution in [2.24, 2.45) is 17.6 Å². The van der Waals surface area contributed by atoms with Crippen molar-refractivity contribution >= 4 is 35.1 Å². The van der Waals surface area contributed by atoms with E-state index in [1.54, 1.807) is 0 Å². The average molecular weight is 379 g/mol. The molecule has 3 atom stereocenters. The van der Waals surface area contributed by atoms with Gasteiger partial charge in [0.25, 0.3) is 0 Å². The second kappa shape index (κ2) is 9.25. The highest BCUT2D eigenvalue weighted by atomic mass is 35.5. The van der Waals surface area contributed by atoms with E-state index in [1.807, 2.05) is 0 Å². The van der Waals surface area contributed by atoms with Crippen LogP contribution in [0.25, 0.3) is 0 Å². The van der Waals surface area contributed by atoms with Crippen LogP contribution in [0.15, 0.2) is 0 Å². The highest BCUT2D eigenvalue weighted by Gasteiger charge is 2.35. The van der Waals surface area contributed by atoms with Gasteiger partial charge in [-0.3, -0.25) is 9.59 Å². The van der Waals surface area contributed by atoms with Crippen molar-refractivity contribution in [2.45, 2.75) is 74.2 Å². The maximum atomic E-state index is 12.5. The lowest BCUT2D eigenvalue weighted by Gasteiger charge is -2.35. The number of esters is 1. The topological polar surface area (TPSA) is 81.4 Å². The first-order valence-corrected chi connectivity index (χ1v) is 9.71. The lowest BCUT2D eigenvalue weighted by molar-refractivity contribution is -0.142. The molecule has 0 aromatic rings. The van der Waals surface area contributed by atoms with Crippen LogP contribution >= 0.6 is 23.2 Å². The number of halogens is 2. The Morgan fingerprint density at radius 2 is 1.71 bits per heavy atom. The Bertz CT molecular complexity index is 432. The number of nitrogens with two attached hydrogens (primary N) is 1. The van der Waals surface area contributed by atoms with Crippen LogP contribution in [0.1, 0.15) is 51.4 Å². The molecule has 0 aliphatic heterocycles. The molecule has 1 amide bonds. The number of nitrogens with one attached hydrogen (secondary N) is 1. The van der Waals surface area contributed by atoms with Crippen LogP contribution in [0.4, 0.5) is 0 Å². The lowest BCUT2D eigenvalue weighted by atomic mass is 9.78. The quantitative estimate of drug-likeness (QED) is 0.568. The number of ether oxygens (including phenoxy) is 1. The molecular formula is C17H28Cl2N2O3. The van der Waals surface area contributed by atoms with Gasteiger partial charge in [0.2, 0.25) is 5.91 Å². The molecule has 24 heavy (non-hydrogen) atoms. The number of methoxy groups -OCH3 is 1. The van der Waals surface area contributed by atoms with Gasteiger partial charge in [0, 0.05) is 5.92 Å². The third-order valence-electron chi connectivity index (χ3n) is 5.36. The van der Waals surface area contributed by atoms with Gasteiger partial charge in [-0.25, -0.2) is 0 Å². The van der Waals surface area contributed by atoms with E-state index in [4.69, 9.17) is 28.9 Å². The Kier molecular flexibility index (Phi) is 7.63. The summed E-state index contributed by atoms with van der Waals surface area (Å²) in [5, 5.41) is 2.90. The summed E-state index contributed by atoms with van der Waals surface area (Å²) >= 11 is 12.7. The molecule has 0 heterocycles. The molecule has 2 aliphatic rings. The highest BCUT2D eigenvalue weighted by Crippen LogP contribution is 2.33. The number of carbonyl (C=O) groups excluding carboxylic acids is 2. The van der Waals surface area contributed by atoms with Crippen LogP contribution in [0, 0.1) is 11.8 Å². The molecule has 0 saturated heterocycles. The van der Waals surface area contributed by atoms with E-state index in [-0.39, 0.29) is 34.6 Å². The summed E-state index contributed by atoms with van der Waals surface area (Å²) in [5.74, 6) is 0.0760. The molecule has 0 aromatic carbocycles. The summed E-state index contributed by atoms with van der Waals surface area (Å²) in [4.78, 5) is 23.9. The molecule has 3 unspecified atom stereocenters. The van der Waals surface area contributed by atoms with Crippen LogP contribution in [-0.2, 0) is 14.3 Å². The zero-order valence-corrected chi connectivity index (χ0v) is 15.7. The SMILES string of the molecule is COC(=O)C(N)CC1CCC(C(=O)NC2C(Cl)CCCC2Cl)CC1. The van der Waals surface area contributed by atoms with Crippen molar-refractivity contribution in [3.05, 3.63) is 0 Å². The van der Waals surface area contributed by atoms with Crippen LogP contribution in [0.2, 0.25) is 0 Å². The zero-order valence-electron chi connectivity index (χ0n) is 14.2. The van der Waals surface area contributed by atoms with Gasteiger partial charge in [0.05, 0.1) is 23.9 Å². The summed E-state index contributed by atoms with van der Waals surface area (Å²) in [5.41, 5.74) is 5.82. The van der Waals surface area contributed by atoms with E-state index in [0.717, 1.165) is 44.9 Å². The molecule has 5 nitrogen and oxygen atoms in total. The van der Waals surface area contributed by atoms with Crippen molar-refractivity contribution in [1.82, 2.24) is 5.32 Å². The molecule has 2 aliphatic carbocycles. The largest absolute Gasteiger partial charge is 0.468 e. The van der Waals surface area contributed by atoms with Gasteiger partial charge in [-0.2, -0.15) is 0 Å². The summed E-state index contributed by atoms with van der Waals surface area (Å²) < 4.78 is 4.66. The Hall–Kier alpha value is -0.520. The fourth-order valence-electron chi connectivity index (χ4n) is 3.82. The monoisotopic (exact) mass is 378 g/mol. The van der Waals surface area contributed by atoms with Gasteiger partial charge in [-0.15, -0.1) is 23.2 Å². The third kappa shape index (κ3) is 5.24. The molecule has 0 bridgehead atoms. The highest BCUT2D eigenvalue weighted by molar-refractivity contribution is 6.25. The smallest absolute Gasteiger partial charge is 0.322 e. The molecule has 0 aromatic heterocycles. The second-order valence-electron chi connectivity index (χ2n) is 7.08. The molecule has 2 saturated carbocycles. The first kappa shape index (κ1) is 19.8. The molecule has 0 spiro atoms. The summed E-state index contributed by atoms with van der Waals surface area (Å²) in [7, 11) is 1.35. The molecule has 7 heteroatoms.